The van der Waals surface area contributed by atoms with Gasteiger partial charge >= 0.3 is 0 Å². The first-order valence-electron chi connectivity index (χ1n) is 5.92. The number of rotatable bonds is 4. The second kappa shape index (κ2) is 6.11. The van der Waals surface area contributed by atoms with Crippen molar-refractivity contribution < 1.29 is 9.59 Å². The molecule has 0 saturated carbocycles. The van der Waals surface area contributed by atoms with Gasteiger partial charge in [0.05, 0.1) is 22.4 Å². The van der Waals surface area contributed by atoms with Gasteiger partial charge in [0.25, 0.3) is 0 Å². The molecule has 0 fully saturated rings. The maximum Gasteiger partial charge on any atom is 0.227 e. The molecule has 7 heteroatoms. The Balaban J connectivity index is 2.38. The number of nitrogens with zero attached hydrogens (tertiary/aromatic N) is 1. The van der Waals surface area contributed by atoms with E-state index in [1.807, 2.05) is 18.4 Å². The first-order valence-corrected chi connectivity index (χ1v) is 7.78. The van der Waals surface area contributed by atoms with E-state index < -0.39 is 5.91 Å². The Hall–Kier alpha value is -1.78. The molecule has 0 radical (unpaired) electrons. The largest absolute Gasteiger partial charge is 0.369 e. The Morgan fingerprint density at radius 2 is 2.45 bits per heavy atom. The number of thiophene rings is 1. The van der Waals surface area contributed by atoms with E-state index in [0.29, 0.717) is 10.6 Å². The van der Waals surface area contributed by atoms with Crippen molar-refractivity contribution in [2.24, 2.45) is 5.73 Å². The molecule has 0 spiro atoms. The molecule has 20 heavy (non-hydrogen) atoms. The monoisotopic (exact) mass is 307 g/mol. The van der Waals surface area contributed by atoms with Crippen LogP contribution in [0.1, 0.15) is 22.8 Å². The molecule has 1 atom stereocenters. The zero-order chi connectivity index (χ0) is 14.7. The van der Waals surface area contributed by atoms with E-state index in [1.165, 1.54) is 11.3 Å². The molecule has 2 amide bonds. The minimum Gasteiger partial charge on any atom is -0.369 e. The zero-order valence-corrected chi connectivity index (χ0v) is 12.4. The molecule has 0 unspecified atom stereocenters. The van der Waals surface area contributed by atoms with Crippen LogP contribution in [0.5, 0.6) is 0 Å². The van der Waals surface area contributed by atoms with Gasteiger partial charge in [-0.1, -0.05) is 11.8 Å². The normalized spacial score (nSPS) is 18.6. The lowest BCUT2D eigenvalue weighted by Gasteiger charge is -2.24. The van der Waals surface area contributed by atoms with Crippen molar-refractivity contribution >= 4 is 34.9 Å². The molecule has 5 nitrogen and oxygen atoms in total. The van der Waals surface area contributed by atoms with E-state index in [9.17, 15) is 14.9 Å². The van der Waals surface area contributed by atoms with Gasteiger partial charge in [-0.25, -0.2) is 0 Å². The minimum atomic E-state index is -0.483. The fraction of sp³-hybridized carbons (Fsp3) is 0.308. The van der Waals surface area contributed by atoms with Crippen molar-refractivity contribution in [3.8, 4) is 6.07 Å². The number of amides is 2. The number of carbonyl (C=O) groups is 2. The summed E-state index contributed by atoms with van der Waals surface area (Å²) < 4.78 is 0. The lowest BCUT2D eigenvalue weighted by molar-refractivity contribution is -0.121. The lowest BCUT2D eigenvalue weighted by atomic mass is 9.91. The summed E-state index contributed by atoms with van der Waals surface area (Å²) >= 11 is 2.64. The zero-order valence-electron chi connectivity index (χ0n) is 10.8. The van der Waals surface area contributed by atoms with Crippen LogP contribution in [0.25, 0.3) is 0 Å². The maximum absolute atomic E-state index is 11.8. The summed E-state index contributed by atoms with van der Waals surface area (Å²) in [5.41, 5.74) is 6.68. The average Bonchev–Trinajstić information content (AvgIpc) is 2.81. The van der Waals surface area contributed by atoms with E-state index in [1.54, 1.807) is 0 Å². The molecular formula is C13H13N3O2S2. The van der Waals surface area contributed by atoms with E-state index in [-0.39, 0.29) is 24.0 Å². The standard InChI is InChI=1S/C13H13N3O2S2/c1-7-2-3-19-12(7)8-4-11(18)16-13(9(8)5-14)20-6-10(15)17/h2-3,8H,4,6H2,1H3,(H2,15,17)(H,16,18)/t8-/m1/s1. The Bertz CT molecular complexity index is 628. The van der Waals surface area contributed by atoms with Crippen LogP contribution in [0, 0.1) is 18.3 Å². The topological polar surface area (TPSA) is 96.0 Å². The van der Waals surface area contributed by atoms with Crippen LogP contribution < -0.4 is 11.1 Å². The third-order valence-electron chi connectivity index (χ3n) is 2.93. The quantitative estimate of drug-likeness (QED) is 0.883. The highest BCUT2D eigenvalue weighted by molar-refractivity contribution is 8.03. The summed E-state index contributed by atoms with van der Waals surface area (Å²) in [6.45, 7) is 1.96. The highest BCUT2D eigenvalue weighted by atomic mass is 32.2. The van der Waals surface area contributed by atoms with Crippen LogP contribution in [-0.4, -0.2) is 17.6 Å². The number of nitrogens with two attached hydrogens (primary N) is 1. The second-order valence-electron chi connectivity index (χ2n) is 4.38. The van der Waals surface area contributed by atoms with Gasteiger partial charge < -0.3 is 11.1 Å². The number of hydrogen-bond acceptors (Lipinski definition) is 5. The van der Waals surface area contributed by atoms with Gasteiger partial charge in [-0.05, 0) is 23.9 Å². The van der Waals surface area contributed by atoms with Crippen LogP contribution >= 0.6 is 23.1 Å². The third-order valence-corrected chi connectivity index (χ3v) is 5.11. The van der Waals surface area contributed by atoms with Crippen molar-refractivity contribution in [1.82, 2.24) is 5.32 Å². The summed E-state index contributed by atoms with van der Waals surface area (Å²) in [6, 6.07) is 4.13. The first-order chi connectivity index (χ1) is 9.52. The Kier molecular flexibility index (Phi) is 4.47. The minimum absolute atomic E-state index is 0.0386. The highest BCUT2D eigenvalue weighted by Gasteiger charge is 2.31. The number of nitrogens with one attached hydrogen (secondary N) is 1. The lowest BCUT2D eigenvalue weighted by Crippen LogP contribution is -2.31. The van der Waals surface area contributed by atoms with Crippen LogP contribution in [0.2, 0.25) is 0 Å². The molecule has 0 bridgehead atoms. The van der Waals surface area contributed by atoms with Crippen LogP contribution in [0.3, 0.4) is 0 Å². The number of allylic oxidation sites excluding steroid dienone is 1. The summed E-state index contributed by atoms with van der Waals surface area (Å²) in [7, 11) is 0. The van der Waals surface area contributed by atoms with Crippen molar-refractivity contribution in [2.45, 2.75) is 19.3 Å². The average molecular weight is 307 g/mol. The molecular weight excluding hydrogens is 294 g/mol. The summed E-state index contributed by atoms with van der Waals surface area (Å²) in [5, 5.41) is 14.4. The van der Waals surface area contributed by atoms with Gasteiger partial charge in [0, 0.05) is 17.2 Å². The number of aryl methyl sites for hydroxylation is 1. The Morgan fingerprint density at radius 3 is 3.00 bits per heavy atom. The second-order valence-corrected chi connectivity index (χ2v) is 6.32. The predicted molar refractivity (Wildman–Crippen MR) is 78.8 cm³/mol. The van der Waals surface area contributed by atoms with Crippen LogP contribution in [-0.2, 0) is 9.59 Å². The number of thioether (sulfide) groups is 1. The molecule has 1 aliphatic heterocycles. The SMILES string of the molecule is Cc1ccsc1[C@@H]1CC(=O)NC(SCC(N)=O)=C1C#N. The molecule has 1 aromatic heterocycles. The third kappa shape index (κ3) is 3.03. The van der Waals surface area contributed by atoms with Crippen molar-refractivity contribution in [2.75, 3.05) is 5.75 Å². The molecule has 1 aliphatic rings. The number of nitriles is 1. The molecule has 104 valence electrons. The van der Waals surface area contributed by atoms with Gasteiger partial charge in [0.15, 0.2) is 0 Å². The molecule has 1 aromatic rings. The van der Waals surface area contributed by atoms with E-state index in [0.717, 1.165) is 22.2 Å². The number of primary amides is 1. The van der Waals surface area contributed by atoms with E-state index in [4.69, 9.17) is 5.73 Å². The summed E-state index contributed by atoms with van der Waals surface area (Å²) in [5.74, 6) is -0.821. The molecule has 0 saturated heterocycles. The van der Waals surface area contributed by atoms with Crippen molar-refractivity contribution in [1.29, 1.82) is 5.26 Å². The molecule has 3 N–H and O–H groups in total. The molecule has 0 aliphatic carbocycles. The molecule has 2 heterocycles. The summed E-state index contributed by atoms with van der Waals surface area (Å²) in [6.07, 6.45) is 0.255. The predicted octanol–water partition coefficient (Wildman–Crippen LogP) is 1.61. The Morgan fingerprint density at radius 1 is 1.70 bits per heavy atom. The van der Waals surface area contributed by atoms with Crippen LogP contribution in [0.15, 0.2) is 22.0 Å². The first kappa shape index (κ1) is 14.6. The fourth-order valence-corrected chi connectivity index (χ4v) is 3.90. The summed E-state index contributed by atoms with van der Waals surface area (Å²) in [4.78, 5) is 23.7. The van der Waals surface area contributed by atoms with Crippen molar-refractivity contribution in [3.05, 3.63) is 32.5 Å². The van der Waals surface area contributed by atoms with E-state index >= 15 is 0 Å². The van der Waals surface area contributed by atoms with Gasteiger partial charge in [0.2, 0.25) is 11.8 Å². The molecule has 2 rings (SSSR count). The number of carbonyl (C=O) groups excluding carboxylic acids is 2. The van der Waals surface area contributed by atoms with Gasteiger partial charge in [-0.15, -0.1) is 11.3 Å². The Labute approximate surface area is 124 Å². The fourth-order valence-electron chi connectivity index (χ4n) is 2.04. The van der Waals surface area contributed by atoms with Crippen LogP contribution in [0.4, 0.5) is 0 Å². The van der Waals surface area contributed by atoms with E-state index in [2.05, 4.69) is 11.4 Å². The van der Waals surface area contributed by atoms with Gasteiger partial charge in [-0.2, -0.15) is 5.26 Å². The molecule has 0 aromatic carbocycles. The van der Waals surface area contributed by atoms with Gasteiger partial charge in [0.1, 0.15) is 0 Å². The number of hydrogen-bond donors (Lipinski definition) is 2. The van der Waals surface area contributed by atoms with Gasteiger partial charge in [-0.3, -0.25) is 9.59 Å². The van der Waals surface area contributed by atoms with Crippen molar-refractivity contribution in [3.63, 3.8) is 0 Å². The smallest absolute Gasteiger partial charge is 0.227 e. The highest BCUT2D eigenvalue weighted by Crippen LogP contribution is 2.39. The maximum atomic E-state index is 11.8.